The molecule has 0 radical (unpaired) electrons. The zero-order valence-electron chi connectivity index (χ0n) is 14.8. The van der Waals surface area contributed by atoms with Gasteiger partial charge in [-0.25, -0.2) is 0 Å². The van der Waals surface area contributed by atoms with Crippen LogP contribution in [0.3, 0.4) is 0 Å². The lowest BCUT2D eigenvalue weighted by Crippen LogP contribution is -2.44. The SMILES string of the molecule is CCCC(CCC)C(CC)(CC)OC(=O)C(C)(C)CC. The highest BCUT2D eigenvalue weighted by Crippen LogP contribution is 2.38. The molecule has 0 unspecified atom stereocenters. The van der Waals surface area contributed by atoms with Crippen LogP contribution >= 0.6 is 0 Å². The van der Waals surface area contributed by atoms with E-state index in [1.807, 2.05) is 13.8 Å². The molecule has 0 aromatic heterocycles. The van der Waals surface area contributed by atoms with E-state index in [0.29, 0.717) is 5.92 Å². The van der Waals surface area contributed by atoms with Crippen LogP contribution < -0.4 is 0 Å². The molecule has 0 N–H and O–H groups in total. The van der Waals surface area contributed by atoms with E-state index in [9.17, 15) is 4.79 Å². The van der Waals surface area contributed by atoms with E-state index in [0.717, 1.165) is 44.9 Å². The molecule has 2 nitrogen and oxygen atoms in total. The predicted octanol–water partition coefficient (Wildman–Crippen LogP) is 5.74. The van der Waals surface area contributed by atoms with E-state index in [2.05, 4.69) is 34.6 Å². The van der Waals surface area contributed by atoms with Crippen molar-refractivity contribution < 1.29 is 9.53 Å². The summed E-state index contributed by atoms with van der Waals surface area (Å²) in [7, 11) is 0. The van der Waals surface area contributed by atoms with Crippen LogP contribution in [0.25, 0.3) is 0 Å². The molecule has 2 heteroatoms. The molecule has 0 atom stereocenters. The van der Waals surface area contributed by atoms with Gasteiger partial charge in [0.2, 0.25) is 0 Å². The van der Waals surface area contributed by atoms with Gasteiger partial charge in [-0.1, -0.05) is 47.5 Å². The maximum atomic E-state index is 12.5. The van der Waals surface area contributed by atoms with Gasteiger partial charge >= 0.3 is 5.97 Å². The smallest absolute Gasteiger partial charge is 0.312 e. The second kappa shape index (κ2) is 8.69. The molecular formula is C18H36O2. The first-order chi connectivity index (χ1) is 9.33. The Morgan fingerprint density at radius 3 is 1.65 bits per heavy atom. The van der Waals surface area contributed by atoms with Gasteiger partial charge in [0, 0.05) is 0 Å². The molecule has 0 spiro atoms. The van der Waals surface area contributed by atoms with Gasteiger partial charge in [0.25, 0.3) is 0 Å². The van der Waals surface area contributed by atoms with Gasteiger partial charge in [0.15, 0.2) is 0 Å². The fourth-order valence-electron chi connectivity index (χ4n) is 2.89. The number of carbonyl (C=O) groups excluding carboxylic acids is 1. The van der Waals surface area contributed by atoms with Crippen LogP contribution in [0.1, 0.15) is 93.4 Å². The largest absolute Gasteiger partial charge is 0.458 e. The summed E-state index contributed by atoms with van der Waals surface area (Å²) in [4.78, 5) is 12.5. The normalized spacial score (nSPS) is 12.8. The van der Waals surface area contributed by atoms with Crippen LogP contribution in [-0.2, 0) is 9.53 Å². The van der Waals surface area contributed by atoms with Crippen LogP contribution in [0.4, 0.5) is 0 Å². The van der Waals surface area contributed by atoms with Crippen LogP contribution in [0, 0.1) is 11.3 Å². The molecule has 0 aromatic carbocycles. The van der Waals surface area contributed by atoms with E-state index >= 15 is 0 Å². The van der Waals surface area contributed by atoms with Crippen LogP contribution in [0.15, 0.2) is 0 Å². The topological polar surface area (TPSA) is 26.3 Å². The van der Waals surface area contributed by atoms with Gasteiger partial charge in [0.05, 0.1) is 5.41 Å². The van der Waals surface area contributed by atoms with Crippen molar-refractivity contribution in [3.63, 3.8) is 0 Å². The highest BCUT2D eigenvalue weighted by molar-refractivity contribution is 5.76. The molecule has 20 heavy (non-hydrogen) atoms. The van der Waals surface area contributed by atoms with Gasteiger partial charge in [-0.15, -0.1) is 0 Å². The lowest BCUT2D eigenvalue weighted by Gasteiger charge is -2.41. The number of hydrogen-bond acceptors (Lipinski definition) is 2. The zero-order chi connectivity index (χ0) is 15.8. The molecule has 120 valence electrons. The van der Waals surface area contributed by atoms with E-state index < -0.39 is 0 Å². The third kappa shape index (κ3) is 4.79. The van der Waals surface area contributed by atoms with Crippen molar-refractivity contribution in [2.45, 2.75) is 99.0 Å². The molecule has 0 saturated carbocycles. The Hall–Kier alpha value is -0.530. The van der Waals surface area contributed by atoms with Crippen molar-refractivity contribution in [2.75, 3.05) is 0 Å². The molecule has 0 fully saturated rings. The maximum Gasteiger partial charge on any atom is 0.312 e. The Labute approximate surface area is 126 Å². The summed E-state index contributed by atoms with van der Waals surface area (Å²) in [5, 5.41) is 0. The average Bonchev–Trinajstić information content (AvgIpc) is 2.44. The summed E-state index contributed by atoms with van der Waals surface area (Å²) in [6.07, 6.45) is 7.26. The first kappa shape index (κ1) is 19.5. The molecule has 0 bridgehead atoms. The Morgan fingerprint density at radius 1 is 0.900 bits per heavy atom. The molecule has 0 aliphatic heterocycles. The van der Waals surface area contributed by atoms with Crippen molar-refractivity contribution in [3.05, 3.63) is 0 Å². The standard InChI is InChI=1S/C18H36O2/c1-8-13-15(14-9-2)18(11-4,12-5)20-16(19)17(6,7)10-3/h15H,8-14H2,1-7H3. The van der Waals surface area contributed by atoms with Crippen LogP contribution in [0.5, 0.6) is 0 Å². The summed E-state index contributed by atoms with van der Waals surface area (Å²) in [6, 6.07) is 0. The minimum Gasteiger partial charge on any atom is -0.458 e. The third-order valence-electron chi connectivity index (χ3n) is 4.95. The summed E-state index contributed by atoms with van der Waals surface area (Å²) >= 11 is 0. The first-order valence-corrected chi connectivity index (χ1v) is 8.56. The van der Waals surface area contributed by atoms with Crippen LogP contribution in [-0.4, -0.2) is 11.6 Å². The predicted molar refractivity (Wildman–Crippen MR) is 86.8 cm³/mol. The van der Waals surface area contributed by atoms with Gasteiger partial charge in [-0.3, -0.25) is 4.79 Å². The van der Waals surface area contributed by atoms with E-state index in [1.165, 1.54) is 0 Å². The van der Waals surface area contributed by atoms with Gasteiger partial charge in [-0.2, -0.15) is 0 Å². The summed E-state index contributed by atoms with van der Waals surface area (Å²) in [6.45, 7) is 14.8. The summed E-state index contributed by atoms with van der Waals surface area (Å²) in [5.74, 6) is 0.463. The summed E-state index contributed by atoms with van der Waals surface area (Å²) in [5.41, 5.74) is -0.645. The second-order valence-electron chi connectivity index (χ2n) is 6.67. The van der Waals surface area contributed by atoms with Gasteiger partial charge in [0.1, 0.15) is 5.60 Å². The van der Waals surface area contributed by atoms with Gasteiger partial charge < -0.3 is 4.74 Å². The molecule has 0 heterocycles. The highest BCUT2D eigenvalue weighted by Gasteiger charge is 2.41. The van der Waals surface area contributed by atoms with Crippen molar-refractivity contribution >= 4 is 5.97 Å². The lowest BCUT2D eigenvalue weighted by molar-refractivity contribution is -0.179. The molecule has 0 saturated heterocycles. The Morgan fingerprint density at radius 2 is 1.35 bits per heavy atom. The second-order valence-corrected chi connectivity index (χ2v) is 6.67. The first-order valence-electron chi connectivity index (χ1n) is 8.56. The average molecular weight is 284 g/mol. The molecule has 0 aliphatic carbocycles. The monoisotopic (exact) mass is 284 g/mol. The fourth-order valence-corrected chi connectivity index (χ4v) is 2.89. The molecule has 0 rings (SSSR count). The van der Waals surface area contributed by atoms with E-state index in [1.54, 1.807) is 0 Å². The maximum absolute atomic E-state index is 12.5. The Bertz CT molecular complexity index is 271. The van der Waals surface area contributed by atoms with Crippen molar-refractivity contribution in [1.29, 1.82) is 0 Å². The number of rotatable bonds is 10. The van der Waals surface area contributed by atoms with E-state index in [4.69, 9.17) is 4.74 Å². The molecule has 0 amide bonds. The van der Waals surface area contributed by atoms with E-state index in [-0.39, 0.29) is 17.0 Å². The number of esters is 1. The van der Waals surface area contributed by atoms with Gasteiger partial charge in [-0.05, 0) is 51.9 Å². The number of hydrogen-bond donors (Lipinski definition) is 0. The molecule has 0 aromatic rings. The van der Waals surface area contributed by atoms with Crippen molar-refractivity contribution in [3.8, 4) is 0 Å². The number of ether oxygens (including phenoxy) is 1. The minimum absolute atomic E-state index is 0.0269. The van der Waals surface area contributed by atoms with Crippen molar-refractivity contribution in [2.24, 2.45) is 11.3 Å². The molecular weight excluding hydrogens is 248 g/mol. The van der Waals surface area contributed by atoms with Crippen LogP contribution in [0.2, 0.25) is 0 Å². The minimum atomic E-state index is -0.376. The Kier molecular flexibility index (Phi) is 8.46. The summed E-state index contributed by atoms with van der Waals surface area (Å²) < 4.78 is 6.12. The fraction of sp³-hybridized carbons (Fsp3) is 0.944. The lowest BCUT2D eigenvalue weighted by atomic mass is 9.77. The zero-order valence-corrected chi connectivity index (χ0v) is 14.8. The Balaban J connectivity index is 5.21. The third-order valence-corrected chi connectivity index (χ3v) is 4.95. The quantitative estimate of drug-likeness (QED) is 0.478. The van der Waals surface area contributed by atoms with Crippen molar-refractivity contribution in [1.82, 2.24) is 0 Å². The highest BCUT2D eigenvalue weighted by atomic mass is 16.6. The number of carbonyl (C=O) groups is 1. The molecule has 0 aliphatic rings.